The van der Waals surface area contributed by atoms with Crippen molar-refractivity contribution >= 4 is 34.1 Å². The normalized spacial score (nSPS) is 11.8. The lowest BCUT2D eigenvalue weighted by Crippen LogP contribution is -2.31. The van der Waals surface area contributed by atoms with Gasteiger partial charge in [-0.15, -0.1) is 10.2 Å². The van der Waals surface area contributed by atoms with E-state index in [1.807, 2.05) is 48.5 Å². The quantitative estimate of drug-likeness (QED) is 0.624. The third-order valence-electron chi connectivity index (χ3n) is 3.57. The van der Waals surface area contributed by atoms with Crippen molar-refractivity contribution in [3.63, 3.8) is 0 Å². The maximum atomic E-state index is 12.4. The zero-order valence-corrected chi connectivity index (χ0v) is 15.1. The van der Waals surface area contributed by atoms with Crippen molar-refractivity contribution in [2.24, 2.45) is 0 Å². The number of nitrogen functional groups attached to an aromatic ring is 1. The van der Waals surface area contributed by atoms with Gasteiger partial charge in [-0.05, 0) is 17.5 Å². The summed E-state index contributed by atoms with van der Waals surface area (Å²) in [5.74, 6) is 0.246. The summed E-state index contributed by atoms with van der Waals surface area (Å²) < 4.78 is 0.701. The summed E-state index contributed by atoms with van der Waals surface area (Å²) >= 11 is 2.63. The Morgan fingerprint density at radius 2 is 1.76 bits per heavy atom. The first-order chi connectivity index (χ1) is 12.2. The van der Waals surface area contributed by atoms with Gasteiger partial charge in [-0.1, -0.05) is 83.8 Å². The van der Waals surface area contributed by atoms with E-state index < -0.39 is 0 Å². The average Bonchev–Trinajstić information content (AvgIpc) is 3.06. The van der Waals surface area contributed by atoms with Crippen molar-refractivity contribution in [2.75, 3.05) is 11.5 Å². The van der Waals surface area contributed by atoms with Crippen LogP contribution < -0.4 is 11.1 Å². The number of nitrogens with one attached hydrogen (secondary N) is 1. The molecule has 0 aliphatic rings. The van der Waals surface area contributed by atoms with Crippen LogP contribution >= 0.6 is 23.1 Å². The van der Waals surface area contributed by atoms with Crippen molar-refractivity contribution in [3.8, 4) is 0 Å². The molecule has 3 rings (SSSR count). The molecule has 0 unspecified atom stereocenters. The summed E-state index contributed by atoms with van der Waals surface area (Å²) in [6, 6.07) is 20.1. The largest absolute Gasteiger partial charge is 0.374 e. The molecule has 5 nitrogen and oxygen atoms in total. The molecule has 2 aromatic carbocycles. The number of hydrogen-bond donors (Lipinski definition) is 2. The molecule has 1 aromatic heterocycles. The van der Waals surface area contributed by atoms with Gasteiger partial charge in [0.1, 0.15) is 0 Å². The van der Waals surface area contributed by atoms with Gasteiger partial charge in [0, 0.05) is 0 Å². The van der Waals surface area contributed by atoms with Crippen LogP contribution in [0.4, 0.5) is 5.13 Å². The predicted octanol–water partition coefficient (Wildman–Crippen LogP) is 3.31. The highest BCUT2D eigenvalue weighted by Crippen LogP contribution is 2.24. The number of carbonyl (C=O) groups excluding carboxylic acids is 1. The van der Waals surface area contributed by atoms with Crippen LogP contribution in [-0.4, -0.2) is 21.9 Å². The molecule has 0 aliphatic heterocycles. The molecule has 128 valence electrons. The highest BCUT2D eigenvalue weighted by Gasteiger charge is 2.16. The number of aromatic nitrogens is 2. The van der Waals surface area contributed by atoms with E-state index in [4.69, 9.17) is 5.73 Å². The van der Waals surface area contributed by atoms with E-state index in [9.17, 15) is 4.79 Å². The number of nitrogens with two attached hydrogens (primary N) is 1. The molecule has 0 fully saturated rings. The molecule has 1 atom stereocenters. The predicted molar refractivity (Wildman–Crippen MR) is 103 cm³/mol. The first kappa shape index (κ1) is 17.4. The van der Waals surface area contributed by atoms with Crippen molar-refractivity contribution in [1.82, 2.24) is 15.5 Å². The molecule has 0 spiro atoms. The van der Waals surface area contributed by atoms with E-state index in [0.29, 0.717) is 9.47 Å². The minimum absolute atomic E-state index is 0.0384. The van der Waals surface area contributed by atoms with Gasteiger partial charge in [-0.25, -0.2) is 0 Å². The smallest absolute Gasteiger partial charge is 0.230 e. The Kier molecular flexibility index (Phi) is 6.03. The lowest BCUT2D eigenvalue weighted by molar-refractivity contribution is -0.119. The number of amides is 1. The Morgan fingerprint density at radius 3 is 2.40 bits per heavy atom. The lowest BCUT2D eigenvalue weighted by atomic mass is 9.99. The molecule has 0 radical (unpaired) electrons. The minimum Gasteiger partial charge on any atom is -0.374 e. The summed E-state index contributed by atoms with van der Waals surface area (Å²) in [5.41, 5.74) is 7.83. The fourth-order valence-electron chi connectivity index (χ4n) is 2.43. The molecule has 0 saturated heterocycles. The average molecular weight is 371 g/mol. The van der Waals surface area contributed by atoms with E-state index in [1.165, 1.54) is 28.7 Å². The first-order valence-electron chi connectivity index (χ1n) is 7.81. The van der Waals surface area contributed by atoms with Crippen molar-refractivity contribution in [1.29, 1.82) is 0 Å². The first-order valence-corrected chi connectivity index (χ1v) is 9.61. The van der Waals surface area contributed by atoms with Crippen molar-refractivity contribution in [3.05, 3.63) is 71.8 Å². The molecule has 0 aliphatic carbocycles. The Balaban J connectivity index is 1.65. The van der Waals surface area contributed by atoms with E-state index in [2.05, 4.69) is 27.6 Å². The van der Waals surface area contributed by atoms with Crippen LogP contribution in [-0.2, 0) is 11.2 Å². The minimum atomic E-state index is -0.0730. The summed E-state index contributed by atoms with van der Waals surface area (Å²) in [4.78, 5) is 12.4. The zero-order chi connectivity index (χ0) is 17.5. The molecule has 0 saturated carbocycles. The van der Waals surface area contributed by atoms with Gasteiger partial charge in [0.05, 0.1) is 11.8 Å². The Bertz CT molecular complexity index is 808. The van der Waals surface area contributed by atoms with Crippen LogP contribution in [0.1, 0.15) is 17.2 Å². The highest BCUT2D eigenvalue weighted by molar-refractivity contribution is 8.01. The van der Waals surface area contributed by atoms with E-state index in [1.54, 1.807) is 0 Å². The second kappa shape index (κ2) is 8.64. The Hall–Kier alpha value is -2.38. The number of anilines is 1. The second-order valence-electron chi connectivity index (χ2n) is 5.42. The number of hydrogen-bond acceptors (Lipinski definition) is 6. The molecule has 3 N–H and O–H groups in total. The van der Waals surface area contributed by atoms with Gasteiger partial charge in [-0.2, -0.15) is 0 Å². The summed E-state index contributed by atoms with van der Waals surface area (Å²) in [7, 11) is 0. The van der Waals surface area contributed by atoms with Crippen LogP contribution in [0.2, 0.25) is 0 Å². The summed E-state index contributed by atoms with van der Waals surface area (Å²) in [6.45, 7) is 0. The van der Waals surface area contributed by atoms with Gasteiger partial charge >= 0.3 is 0 Å². The third-order valence-corrected chi connectivity index (χ3v) is 5.45. The molecule has 3 aromatic rings. The molecule has 1 amide bonds. The van der Waals surface area contributed by atoms with Crippen LogP contribution in [0, 0.1) is 0 Å². The number of nitrogens with zero attached hydrogens (tertiary/aromatic N) is 2. The number of thioether (sulfide) groups is 1. The Morgan fingerprint density at radius 1 is 1.08 bits per heavy atom. The third kappa shape index (κ3) is 5.30. The van der Waals surface area contributed by atoms with Crippen LogP contribution in [0.5, 0.6) is 0 Å². The van der Waals surface area contributed by atoms with Crippen molar-refractivity contribution in [2.45, 2.75) is 16.8 Å². The molecular weight excluding hydrogens is 352 g/mol. The SMILES string of the molecule is Nc1nnc(SCC(=O)N[C@H](Cc2ccccc2)c2ccccc2)s1. The van der Waals surface area contributed by atoms with E-state index in [-0.39, 0.29) is 17.7 Å². The molecule has 0 bridgehead atoms. The van der Waals surface area contributed by atoms with Gasteiger partial charge in [0.2, 0.25) is 11.0 Å². The Labute approximate surface area is 154 Å². The molecule has 25 heavy (non-hydrogen) atoms. The van der Waals surface area contributed by atoms with Gasteiger partial charge in [0.25, 0.3) is 0 Å². The maximum absolute atomic E-state index is 12.4. The van der Waals surface area contributed by atoms with E-state index in [0.717, 1.165) is 12.0 Å². The summed E-state index contributed by atoms with van der Waals surface area (Å²) in [6.07, 6.45) is 0.743. The monoisotopic (exact) mass is 370 g/mol. The molecular formula is C18H18N4OS2. The fourth-order valence-corrected chi connectivity index (χ4v) is 3.88. The highest BCUT2D eigenvalue weighted by atomic mass is 32.2. The number of rotatable bonds is 7. The number of benzene rings is 2. The van der Waals surface area contributed by atoms with Gasteiger partial charge < -0.3 is 11.1 Å². The standard InChI is InChI=1S/C18H18N4OS2/c19-17-21-22-18(25-17)24-12-16(23)20-15(14-9-5-2-6-10-14)11-13-7-3-1-4-8-13/h1-10,15H,11-12H2,(H2,19,21)(H,20,23)/t15-/m1/s1. The van der Waals surface area contributed by atoms with Crippen LogP contribution in [0.15, 0.2) is 65.0 Å². The topological polar surface area (TPSA) is 80.9 Å². The van der Waals surface area contributed by atoms with Crippen LogP contribution in [0.25, 0.3) is 0 Å². The molecule has 1 heterocycles. The summed E-state index contributed by atoms with van der Waals surface area (Å²) in [5, 5.41) is 11.2. The van der Waals surface area contributed by atoms with Crippen molar-refractivity contribution < 1.29 is 4.79 Å². The lowest BCUT2D eigenvalue weighted by Gasteiger charge is -2.19. The maximum Gasteiger partial charge on any atom is 0.230 e. The van der Waals surface area contributed by atoms with E-state index >= 15 is 0 Å². The van der Waals surface area contributed by atoms with Gasteiger partial charge in [-0.3, -0.25) is 4.79 Å². The molecule has 7 heteroatoms. The van der Waals surface area contributed by atoms with Gasteiger partial charge in [0.15, 0.2) is 4.34 Å². The van der Waals surface area contributed by atoms with Crippen LogP contribution in [0.3, 0.4) is 0 Å². The second-order valence-corrected chi connectivity index (χ2v) is 7.65. The zero-order valence-electron chi connectivity index (χ0n) is 13.5. The fraction of sp³-hybridized carbons (Fsp3) is 0.167. The number of carbonyl (C=O) groups is 1.